The summed E-state index contributed by atoms with van der Waals surface area (Å²) in [5.74, 6) is -0.331. The van der Waals surface area contributed by atoms with E-state index in [1.165, 1.54) is 0 Å². The lowest BCUT2D eigenvalue weighted by Gasteiger charge is -2.17. The molecule has 3 aromatic rings. The molecule has 0 aliphatic heterocycles. The van der Waals surface area contributed by atoms with Crippen molar-refractivity contribution in [2.24, 2.45) is 0 Å². The molecule has 30 heavy (non-hydrogen) atoms. The highest BCUT2D eigenvalue weighted by atomic mass is 16.2. The van der Waals surface area contributed by atoms with Gasteiger partial charge in [0.2, 0.25) is 0 Å². The van der Waals surface area contributed by atoms with E-state index in [1.54, 1.807) is 16.8 Å². The first kappa shape index (κ1) is 21.7. The summed E-state index contributed by atoms with van der Waals surface area (Å²) in [4.78, 5) is 32.7. The average molecular weight is 407 g/mol. The number of rotatable bonds is 9. The van der Waals surface area contributed by atoms with E-state index in [1.807, 2.05) is 43.3 Å². The van der Waals surface area contributed by atoms with Crippen molar-refractivity contribution in [3.8, 4) is 0 Å². The Morgan fingerprint density at radius 1 is 1.13 bits per heavy atom. The van der Waals surface area contributed by atoms with Gasteiger partial charge in [-0.3, -0.25) is 14.2 Å². The second-order valence-electron chi connectivity index (χ2n) is 7.49. The molecule has 0 atom stereocenters. The van der Waals surface area contributed by atoms with Crippen LogP contribution < -0.4 is 10.9 Å². The fraction of sp³-hybridized carbons (Fsp3) is 0.375. The molecule has 3 rings (SSSR count). The van der Waals surface area contributed by atoms with E-state index in [2.05, 4.69) is 29.0 Å². The van der Waals surface area contributed by atoms with E-state index in [0.29, 0.717) is 18.7 Å². The maximum absolute atomic E-state index is 13.2. The average Bonchev–Trinajstić information content (AvgIpc) is 2.76. The standard InChI is InChI=1S/C24H30N4O2/c1-4-27(5-2)15-7-14-26-23(29)21-16-20-8-6-13-25-22(20)28(24(21)30)17-19-11-9-18(3)10-12-19/h6,8-13,16H,4-5,7,14-15,17H2,1-3H3,(H,26,29). The highest BCUT2D eigenvalue weighted by Gasteiger charge is 2.16. The van der Waals surface area contributed by atoms with Crippen LogP contribution in [-0.4, -0.2) is 46.5 Å². The van der Waals surface area contributed by atoms with Crippen LogP contribution in [0.4, 0.5) is 0 Å². The Kier molecular flexibility index (Phi) is 7.36. The van der Waals surface area contributed by atoms with E-state index < -0.39 is 0 Å². The molecule has 0 saturated carbocycles. The van der Waals surface area contributed by atoms with Crippen molar-refractivity contribution < 1.29 is 4.79 Å². The summed E-state index contributed by atoms with van der Waals surface area (Å²) in [6.45, 7) is 10.1. The number of carbonyl (C=O) groups is 1. The van der Waals surface area contributed by atoms with E-state index in [4.69, 9.17) is 0 Å². The van der Waals surface area contributed by atoms with Crippen molar-refractivity contribution in [3.05, 3.63) is 75.7 Å². The number of fused-ring (bicyclic) bond motifs is 1. The van der Waals surface area contributed by atoms with Crippen LogP contribution in [0.1, 0.15) is 41.8 Å². The summed E-state index contributed by atoms with van der Waals surface area (Å²) in [6, 6.07) is 13.4. The molecule has 0 fully saturated rings. The Bertz CT molecular complexity index is 1050. The van der Waals surface area contributed by atoms with E-state index in [9.17, 15) is 9.59 Å². The Morgan fingerprint density at radius 2 is 1.87 bits per heavy atom. The summed E-state index contributed by atoms with van der Waals surface area (Å²) in [7, 11) is 0. The molecule has 6 nitrogen and oxygen atoms in total. The van der Waals surface area contributed by atoms with Crippen LogP contribution >= 0.6 is 0 Å². The number of nitrogens with one attached hydrogen (secondary N) is 1. The first-order valence-corrected chi connectivity index (χ1v) is 10.6. The van der Waals surface area contributed by atoms with Gasteiger partial charge in [0.25, 0.3) is 11.5 Å². The molecule has 0 aliphatic carbocycles. The lowest BCUT2D eigenvalue weighted by atomic mass is 10.1. The summed E-state index contributed by atoms with van der Waals surface area (Å²) in [6.07, 6.45) is 2.51. The maximum atomic E-state index is 13.2. The molecular formula is C24H30N4O2. The van der Waals surface area contributed by atoms with Gasteiger partial charge < -0.3 is 10.2 Å². The Balaban J connectivity index is 1.84. The molecule has 0 saturated heterocycles. The minimum Gasteiger partial charge on any atom is -0.352 e. The van der Waals surface area contributed by atoms with Crippen molar-refractivity contribution in [1.82, 2.24) is 19.8 Å². The molecule has 0 unspecified atom stereocenters. The summed E-state index contributed by atoms with van der Waals surface area (Å²) in [5.41, 5.74) is 2.58. The zero-order chi connectivity index (χ0) is 21.5. The molecule has 0 spiro atoms. The number of aryl methyl sites for hydroxylation is 1. The van der Waals surface area contributed by atoms with Crippen molar-refractivity contribution in [3.63, 3.8) is 0 Å². The first-order chi connectivity index (χ1) is 14.5. The number of hydrogen-bond acceptors (Lipinski definition) is 4. The molecular weight excluding hydrogens is 376 g/mol. The predicted molar refractivity (Wildman–Crippen MR) is 121 cm³/mol. The SMILES string of the molecule is CCN(CC)CCCNC(=O)c1cc2cccnc2n(Cc2ccc(C)cc2)c1=O. The molecule has 0 bridgehead atoms. The second-order valence-corrected chi connectivity index (χ2v) is 7.49. The van der Waals surface area contributed by atoms with Gasteiger partial charge in [0.1, 0.15) is 11.2 Å². The van der Waals surface area contributed by atoms with E-state index in [-0.39, 0.29) is 17.0 Å². The van der Waals surface area contributed by atoms with Crippen LogP contribution in [0.3, 0.4) is 0 Å². The third-order valence-electron chi connectivity index (χ3n) is 5.38. The number of benzene rings is 1. The topological polar surface area (TPSA) is 67.2 Å². The quantitative estimate of drug-likeness (QED) is 0.554. The lowest BCUT2D eigenvalue weighted by Crippen LogP contribution is -2.35. The number of hydrogen-bond donors (Lipinski definition) is 1. The monoisotopic (exact) mass is 406 g/mol. The zero-order valence-electron chi connectivity index (χ0n) is 18.0. The molecule has 2 aromatic heterocycles. The third kappa shape index (κ3) is 5.13. The molecule has 1 aromatic carbocycles. The van der Waals surface area contributed by atoms with Gasteiger partial charge in [-0.1, -0.05) is 43.7 Å². The number of amides is 1. The number of pyridine rings is 2. The van der Waals surface area contributed by atoms with Gasteiger partial charge >= 0.3 is 0 Å². The molecule has 6 heteroatoms. The van der Waals surface area contributed by atoms with Gasteiger partial charge in [-0.25, -0.2) is 4.98 Å². The Hall–Kier alpha value is -2.99. The summed E-state index contributed by atoms with van der Waals surface area (Å²) >= 11 is 0. The summed E-state index contributed by atoms with van der Waals surface area (Å²) < 4.78 is 1.59. The summed E-state index contributed by atoms with van der Waals surface area (Å²) in [5, 5.41) is 3.68. The van der Waals surface area contributed by atoms with Gasteiger partial charge in [0.15, 0.2) is 0 Å². The second kappa shape index (κ2) is 10.2. The normalized spacial score (nSPS) is 11.2. The van der Waals surface area contributed by atoms with Crippen LogP contribution in [0, 0.1) is 6.92 Å². The Labute approximate surface area is 177 Å². The smallest absolute Gasteiger partial charge is 0.265 e. The van der Waals surface area contributed by atoms with Crippen LogP contribution in [0.2, 0.25) is 0 Å². The molecule has 1 N–H and O–H groups in total. The van der Waals surface area contributed by atoms with Crippen molar-refractivity contribution in [1.29, 1.82) is 0 Å². The molecule has 158 valence electrons. The molecule has 1 amide bonds. The number of carbonyl (C=O) groups excluding carboxylic acids is 1. The molecule has 2 heterocycles. The molecule has 0 radical (unpaired) electrons. The van der Waals surface area contributed by atoms with Gasteiger partial charge in [0.05, 0.1) is 6.54 Å². The van der Waals surface area contributed by atoms with E-state index >= 15 is 0 Å². The first-order valence-electron chi connectivity index (χ1n) is 10.6. The fourth-order valence-electron chi connectivity index (χ4n) is 3.53. The minimum absolute atomic E-state index is 0.158. The van der Waals surface area contributed by atoms with Crippen LogP contribution in [0.5, 0.6) is 0 Å². The lowest BCUT2D eigenvalue weighted by molar-refractivity contribution is 0.0950. The third-order valence-corrected chi connectivity index (χ3v) is 5.38. The van der Waals surface area contributed by atoms with Crippen LogP contribution in [0.25, 0.3) is 11.0 Å². The molecule has 0 aliphatic rings. The minimum atomic E-state index is -0.331. The fourth-order valence-corrected chi connectivity index (χ4v) is 3.53. The van der Waals surface area contributed by atoms with Gasteiger partial charge in [-0.15, -0.1) is 0 Å². The van der Waals surface area contributed by atoms with Gasteiger partial charge in [0, 0.05) is 18.1 Å². The maximum Gasteiger partial charge on any atom is 0.265 e. The zero-order valence-corrected chi connectivity index (χ0v) is 18.0. The van der Waals surface area contributed by atoms with Gasteiger partial charge in [-0.2, -0.15) is 0 Å². The van der Waals surface area contributed by atoms with E-state index in [0.717, 1.165) is 42.6 Å². The largest absolute Gasteiger partial charge is 0.352 e. The van der Waals surface area contributed by atoms with Crippen molar-refractivity contribution in [2.75, 3.05) is 26.2 Å². The number of aromatic nitrogens is 2. The van der Waals surface area contributed by atoms with Crippen molar-refractivity contribution in [2.45, 2.75) is 33.7 Å². The van der Waals surface area contributed by atoms with Crippen LogP contribution in [0.15, 0.2) is 53.5 Å². The Morgan fingerprint density at radius 3 is 2.57 bits per heavy atom. The predicted octanol–water partition coefficient (Wildman–Crippen LogP) is 3.21. The highest BCUT2D eigenvalue weighted by Crippen LogP contribution is 2.13. The highest BCUT2D eigenvalue weighted by molar-refractivity contribution is 5.96. The van der Waals surface area contributed by atoms with Crippen LogP contribution in [-0.2, 0) is 6.54 Å². The number of nitrogens with zero attached hydrogens (tertiary/aromatic N) is 3. The van der Waals surface area contributed by atoms with Crippen molar-refractivity contribution >= 4 is 16.9 Å². The van der Waals surface area contributed by atoms with Gasteiger partial charge in [-0.05, 0) is 56.7 Å².